The minimum absolute atomic E-state index is 0.245. The summed E-state index contributed by atoms with van der Waals surface area (Å²) in [5, 5.41) is 6.83. The van der Waals surface area contributed by atoms with Crippen molar-refractivity contribution in [2.45, 2.75) is 32.5 Å². The second-order valence-corrected chi connectivity index (χ2v) is 7.70. The van der Waals surface area contributed by atoms with E-state index in [2.05, 4.69) is 15.5 Å². The summed E-state index contributed by atoms with van der Waals surface area (Å²) in [5.41, 5.74) is 2.55. The second-order valence-electron chi connectivity index (χ2n) is 7.70. The molecular weight excluding hydrogens is 411 g/mol. The van der Waals surface area contributed by atoms with Gasteiger partial charge in [0.1, 0.15) is 17.3 Å². The molecule has 0 radical (unpaired) electrons. The molecule has 2 aromatic carbocycles. The number of nitrogens with one attached hydrogen (secondary N) is 2. The smallest absolute Gasteiger partial charge is 0.191 e. The maximum atomic E-state index is 13.9. The van der Waals surface area contributed by atoms with Crippen LogP contribution in [0.3, 0.4) is 0 Å². The van der Waals surface area contributed by atoms with E-state index in [0.29, 0.717) is 12.1 Å². The minimum Gasteiger partial charge on any atom is -0.497 e. The van der Waals surface area contributed by atoms with E-state index in [-0.39, 0.29) is 18.5 Å². The van der Waals surface area contributed by atoms with Gasteiger partial charge in [0.05, 0.1) is 27.4 Å². The Hall–Kier alpha value is -3.00. The molecule has 1 unspecified atom stereocenters. The number of methoxy groups -OCH3 is 3. The van der Waals surface area contributed by atoms with Crippen LogP contribution in [0.2, 0.25) is 0 Å². The molecule has 0 saturated carbocycles. The number of nitrogens with zero attached hydrogens (tertiary/aromatic N) is 2. The van der Waals surface area contributed by atoms with Crippen molar-refractivity contribution in [1.29, 1.82) is 0 Å². The molecule has 0 spiro atoms. The normalized spacial score (nSPS) is 16.2. The third-order valence-corrected chi connectivity index (χ3v) is 5.40. The van der Waals surface area contributed by atoms with E-state index in [9.17, 15) is 4.39 Å². The molecule has 0 aliphatic carbocycles. The van der Waals surface area contributed by atoms with Gasteiger partial charge in [0.25, 0.3) is 0 Å². The van der Waals surface area contributed by atoms with Crippen LogP contribution in [-0.4, -0.2) is 53.0 Å². The van der Waals surface area contributed by atoms with Gasteiger partial charge in [-0.05, 0) is 31.0 Å². The van der Waals surface area contributed by atoms with Gasteiger partial charge in [-0.3, -0.25) is 0 Å². The number of hydrogen-bond donors (Lipinski definition) is 2. The molecule has 0 amide bonds. The molecule has 2 N–H and O–H groups in total. The van der Waals surface area contributed by atoms with Gasteiger partial charge in [-0.25, -0.2) is 9.38 Å². The highest BCUT2D eigenvalue weighted by Crippen LogP contribution is 2.30. The molecule has 0 aromatic heterocycles. The van der Waals surface area contributed by atoms with Gasteiger partial charge in [-0.1, -0.05) is 6.07 Å². The molecule has 8 heteroatoms. The van der Waals surface area contributed by atoms with E-state index in [0.717, 1.165) is 54.8 Å². The first kappa shape index (κ1) is 23.7. The molecule has 1 heterocycles. The van der Waals surface area contributed by atoms with Crippen LogP contribution in [0.4, 0.5) is 10.1 Å². The van der Waals surface area contributed by atoms with E-state index < -0.39 is 0 Å². The fourth-order valence-electron chi connectivity index (χ4n) is 3.76. The van der Waals surface area contributed by atoms with Gasteiger partial charge in [0, 0.05) is 62.2 Å². The van der Waals surface area contributed by atoms with Gasteiger partial charge in [-0.15, -0.1) is 0 Å². The summed E-state index contributed by atoms with van der Waals surface area (Å²) >= 11 is 0. The fraction of sp³-hybridized carbons (Fsp3) is 0.458. The monoisotopic (exact) mass is 444 g/mol. The molecule has 1 atom stereocenters. The number of benzene rings is 2. The Morgan fingerprint density at radius 3 is 2.53 bits per heavy atom. The Morgan fingerprint density at radius 2 is 1.88 bits per heavy atom. The number of hydrogen-bond acceptors (Lipinski definition) is 5. The van der Waals surface area contributed by atoms with Crippen LogP contribution in [0.25, 0.3) is 0 Å². The maximum Gasteiger partial charge on any atom is 0.191 e. The van der Waals surface area contributed by atoms with Gasteiger partial charge in [0.2, 0.25) is 0 Å². The number of rotatable bonds is 9. The molecular formula is C24H33FN4O3. The predicted octanol–water partition coefficient (Wildman–Crippen LogP) is 3.32. The van der Waals surface area contributed by atoms with Gasteiger partial charge >= 0.3 is 0 Å². The fourth-order valence-corrected chi connectivity index (χ4v) is 3.76. The van der Waals surface area contributed by atoms with Crippen LogP contribution in [0.1, 0.15) is 24.5 Å². The highest BCUT2D eigenvalue weighted by Gasteiger charge is 2.24. The van der Waals surface area contributed by atoms with Crippen molar-refractivity contribution in [3.8, 4) is 11.5 Å². The summed E-state index contributed by atoms with van der Waals surface area (Å²) in [6, 6.07) is 11.2. The maximum absolute atomic E-state index is 13.9. The number of guanidine groups is 1. The Kier molecular flexibility index (Phi) is 8.56. The molecule has 174 valence electrons. The Labute approximate surface area is 189 Å². The third-order valence-electron chi connectivity index (χ3n) is 5.40. The van der Waals surface area contributed by atoms with E-state index in [4.69, 9.17) is 19.2 Å². The lowest BCUT2D eigenvalue weighted by Crippen LogP contribution is -2.44. The zero-order valence-corrected chi connectivity index (χ0v) is 19.3. The van der Waals surface area contributed by atoms with Gasteiger partial charge in [-0.2, -0.15) is 0 Å². The third kappa shape index (κ3) is 6.26. The van der Waals surface area contributed by atoms with Crippen molar-refractivity contribution >= 4 is 11.6 Å². The molecule has 1 aliphatic heterocycles. The molecule has 1 aliphatic rings. The Bertz CT molecular complexity index is 900. The largest absolute Gasteiger partial charge is 0.497 e. The zero-order valence-electron chi connectivity index (χ0n) is 19.3. The SMILES string of the molecule is CCNC(=NCc1ccc(F)c(COC)c1)NC1CCN(c2cc(OC)cc(OC)c2)C1. The lowest BCUT2D eigenvalue weighted by Gasteiger charge is -2.21. The van der Waals surface area contributed by atoms with Crippen molar-refractivity contribution < 1.29 is 18.6 Å². The quantitative estimate of drug-likeness (QED) is 0.457. The zero-order chi connectivity index (χ0) is 22.9. The number of aliphatic imine (C=N–C) groups is 1. The lowest BCUT2D eigenvalue weighted by atomic mass is 10.1. The van der Waals surface area contributed by atoms with Crippen LogP contribution in [-0.2, 0) is 17.9 Å². The van der Waals surface area contributed by atoms with E-state index in [1.165, 1.54) is 6.07 Å². The first-order valence-corrected chi connectivity index (χ1v) is 10.8. The predicted molar refractivity (Wildman–Crippen MR) is 125 cm³/mol. The van der Waals surface area contributed by atoms with Gasteiger partial charge in [0.15, 0.2) is 5.96 Å². The van der Waals surface area contributed by atoms with Crippen LogP contribution in [0, 0.1) is 5.82 Å². The van der Waals surface area contributed by atoms with Crippen molar-refractivity contribution in [1.82, 2.24) is 10.6 Å². The van der Waals surface area contributed by atoms with E-state index >= 15 is 0 Å². The minimum atomic E-state index is -0.259. The highest BCUT2D eigenvalue weighted by atomic mass is 19.1. The van der Waals surface area contributed by atoms with E-state index in [1.54, 1.807) is 33.5 Å². The number of anilines is 1. The van der Waals surface area contributed by atoms with Crippen molar-refractivity contribution in [3.63, 3.8) is 0 Å². The molecule has 3 rings (SSSR count). The molecule has 0 bridgehead atoms. The molecule has 2 aromatic rings. The lowest BCUT2D eigenvalue weighted by molar-refractivity contribution is 0.181. The van der Waals surface area contributed by atoms with E-state index in [1.807, 2.05) is 25.1 Å². The molecule has 32 heavy (non-hydrogen) atoms. The standard InChI is InChI=1S/C24H33FN4O3/c1-5-26-24(27-14-17-6-7-23(25)18(10-17)16-30-2)28-19-8-9-29(15-19)20-11-21(31-3)13-22(12-20)32-4/h6-7,10-13,19H,5,8-9,14-16H2,1-4H3,(H2,26,27,28). The number of halogens is 1. The molecule has 7 nitrogen and oxygen atoms in total. The molecule has 1 fully saturated rings. The van der Waals surface area contributed by atoms with Gasteiger partial charge < -0.3 is 29.7 Å². The van der Waals surface area contributed by atoms with Crippen LogP contribution in [0.5, 0.6) is 11.5 Å². The summed E-state index contributed by atoms with van der Waals surface area (Å²) in [7, 11) is 4.88. The van der Waals surface area contributed by atoms with Crippen molar-refractivity contribution in [2.75, 3.05) is 45.9 Å². The van der Waals surface area contributed by atoms with Crippen LogP contribution >= 0.6 is 0 Å². The Balaban J connectivity index is 1.65. The summed E-state index contributed by atoms with van der Waals surface area (Å²) < 4.78 is 29.7. The first-order valence-electron chi connectivity index (χ1n) is 10.8. The summed E-state index contributed by atoms with van der Waals surface area (Å²) in [5.74, 6) is 2.04. The summed E-state index contributed by atoms with van der Waals surface area (Å²) in [4.78, 5) is 7.01. The molecule has 1 saturated heterocycles. The summed E-state index contributed by atoms with van der Waals surface area (Å²) in [6.45, 7) is 5.26. The highest BCUT2D eigenvalue weighted by molar-refractivity contribution is 5.80. The van der Waals surface area contributed by atoms with Crippen molar-refractivity contribution in [3.05, 3.63) is 53.3 Å². The van der Waals surface area contributed by atoms with Crippen LogP contribution in [0.15, 0.2) is 41.4 Å². The average Bonchev–Trinajstić information content (AvgIpc) is 3.28. The van der Waals surface area contributed by atoms with Crippen LogP contribution < -0.4 is 25.0 Å². The topological polar surface area (TPSA) is 67.4 Å². The average molecular weight is 445 g/mol. The second kappa shape index (κ2) is 11.6. The number of ether oxygens (including phenoxy) is 3. The summed E-state index contributed by atoms with van der Waals surface area (Å²) in [6.07, 6.45) is 0.985. The van der Waals surface area contributed by atoms with Crippen molar-refractivity contribution in [2.24, 2.45) is 4.99 Å². The Morgan fingerprint density at radius 1 is 1.12 bits per heavy atom. The first-order chi connectivity index (χ1) is 15.6.